The van der Waals surface area contributed by atoms with Gasteiger partial charge in [-0.15, -0.1) is 0 Å². The molecule has 0 radical (unpaired) electrons. The highest BCUT2D eigenvalue weighted by molar-refractivity contribution is 6.02. The Hall–Kier alpha value is -1.91. The molecule has 0 aliphatic heterocycles. The van der Waals surface area contributed by atoms with Gasteiger partial charge in [0.1, 0.15) is 18.0 Å². The zero-order valence-corrected chi connectivity index (χ0v) is 21.4. The van der Waals surface area contributed by atoms with Crippen LogP contribution in [-0.2, 0) is 14.3 Å². The van der Waals surface area contributed by atoms with Gasteiger partial charge in [0.15, 0.2) is 17.2 Å². The molecule has 9 heteroatoms. The molecule has 0 amide bonds. The number of allylic oxidation sites excluding steroid dienone is 5. The van der Waals surface area contributed by atoms with Crippen LogP contribution in [0.1, 0.15) is 53.9 Å². The third kappa shape index (κ3) is 3.29. The first-order valence-electron chi connectivity index (χ1n) is 12.6. The minimum atomic E-state index is -2.57. The molecule has 8 nitrogen and oxygen atoms in total. The molecule has 5 N–H and O–H groups in total. The highest BCUT2D eigenvalue weighted by atomic mass is 19.1. The van der Waals surface area contributed by atoms with Crippen molar-refractivity contribution >= 4 is 11.6 Å². The minimum Gasteiger partial charge on any atom is -0.508 e. The summed E-state index contributed by atoms with van der Waals surface area (Å²) in [6, 6.07) is 0. The van der Waals surface area contributed by atoms with Crippen molar-refractivity contribution in [2.75, 3.05) is 6.61 Å². The lowest BCUT2D eigenvalue weighted by molar-refractivity contribution is -0.361. The van der Waals surface area contributed by atoms with Gasteiger partial charge in [-0.05, 0) is 56.3 Å². The Labute approximate surface area is 210 Å². The molecule has 1 unspecified atom stereocenters. The Morgan fingerprint density at radius 2 is 1.97 bits per heavy atom. The summed E-state index contributed by atoms with van der Waals surface area (Å²) in [5.74, 6) is -7.08. The van der Waals surface area contributed by atoms with Gasteiger partial charge >= 0.3 is 0 Å². The normalized spacial score (nSPS) is 44.8. The molecule has 36 heavy (non-hydrogen) atoms. The van der Waals surface area contributed by atoms with Crippen molar-refractivity contribution in [1.82, 2.24) is 0 Å². The van der Waals surface area contributed by atoms with Gasteiger partial charge < -0.3 is 30.3 Å². The number of halogens is 1. The van der Waals surface area contributed by atoms with Crippen LogP contribution in [0.5, 0.6) is 0 Å². The molecule has 0 saturated heterocycles. The third-order valence-electron chi connectivity index (χ3n) is 9.96. The van der Waals surface area contributed by atoms with Crippen LogP contribution in [0, 0.1) is 34.5 Å². The van der Waals surface area contributed by atoms with Crippen LogP contribution in [0.25, 0.3) is 0 Å². The Balaban J connectivity index is 1.74. The summed E-state index contributed by atoms with van der Waals surface area (Å²) in [4.78, 5) is 25.4. The van der Waals surface area contributed by atoms with Gasteiger partial charge in [-0.25, -0.2) is 4.39 Å². The van der Waals surface area contributed by atoms with E-state index in [0.717, 1.165) is 0 Å². The molecular formula is C27H37FO8. The Bertz CT molecular complexity index is 1060. The monoisotopic (exact) mass is 508 g/mol. The van der Waals surface area contributed by atoms with E-state index in [4.69, 9.17) is 4.74 Å². The van der Waals surface area contributed by atoms with E-state index in [1.165, 1.54) is 31.2 Å². The Morgan fingerprint density at radius 1 is 1.33 bits per heavy atom. The molecule has 9 atom stereocenters. The van der Waals surface area contributed by atoms with Gasteiger partial charge in [-0.3, -0.25) is 9.59 Å². The van der Waals surface area contributed by atoms with E-state index in [2.05, 4.69) is 0 Å². The summed E-state index contributed by atoms with van der Waals surface area (Å²) in [6.45, 7) is 7.31. The highest BCUT2D eigenvalue weighted by Gasteiger charge is 2.75. The molecular weight excluding hydrogens is 471 g/mol. The fraction of sp³-hybridized carbons (Fsp3) is 0.704. The van der Waals surface area contributed by atoms with Crippen LogP contribution >= 0.6 is 0 Å². The number of hydrogen-bond donors (Lipinski definition) is 5. The first-order valence-corrected chi connectivity index (χ1v) is 12.6. The minimum absolute atomic E-state index is 0.0921. The van der Waals surface area contributed by atoms with Gasteiger partial charge in [0.2, 0.25) is 0 Å². The summed E-state index contributed by atoms with van der Waals surface area (Å²) >= 11 is 0. The van der Waals surface area contributed by atoms with Crippen molar-refractivity contribution in [2.24, 2.45) is 34.5 Å². The zero-order valence-electron chi connectivity index (χ0n) is 21.4. The predicted octanol–water partition coefficient (Wildman–Crippen LogP) is 2.27. The van der Waals surface area contributed by atoms with Crippen molar-refractivity contribution in [1.29, 1.82) is 0 Å². The number of carbonyl (C=O) groups is 2. The Kier molecular flexibility index (Phi) is 6.25. The Morgan fingerprint density at radius 3 is 2.58 bits per heavy atom. The van der Waals surface area contributed by atoms with E-state index < -0.39 is 76.0 Å². The summed E-state index contributed by atoms with van der Waals surface area (Å²) in [7, 11) is 0. The summed E-state index contributed by atoms with van der Waals surface area (Å²) in [5, 5.41) is 54.4. The number of fused-ring (bicyclic) bond motifs is 5. The molecule has 0 spiro atoms. The van der Waals surface area contributed by atoms with Crippen LogP contribution in [-0.4, -0.2) is 67.1 Å². The number of aliphatic hydroxyl groups excluding tert-OH is 2. The van der Waals surface area contributed by atoms with Gasteiger partial charge in [0.05, 0.1) is 11.5 Å². The number of ether oxygens (including phenoxy) is 1. The second kappa shape index (κ2) is 8.30. The highest BCUT2D eigenvalue weighted by Crippen LogP contribution is 2.70. The molecule has 0 aromatic carbocycles. The van der Waals surface area contributed by atoms with Crippen molar-refractivity contribution < 1.29 is 44.2 Å². The maximum absolute atomic E-state index is 17.2. The topological polar surface area (TPSA) is 145 Å². The fourth-order valence-electron chi connectivity index (χ4n) is 7.40. The van der Waals surface area contributed by atoms with Crippen LogP contribution in [0.15, 0.2) is 35.6 Å². The lowest BCUT2D eigenvalue weighted by atomic mass is 9.46. The van der Waals surface area contributed by atoms with E-state index in [0.29, 0.717) is 6.42 Å². The van der Waals surface area contributed by atoms with E-state index in [-0.39, 0.29) is 24.2 Å². The smallest absolute Gasteiger partial charge is 0.280 e. The molecule has 2 fully saturated rings. The zero-order chi connectivity index (χ0) is 27.1. The number of ketones is 2. The van der Waals surface area contributed by atoms with E-state index in [1.807, 2.05) is 0 Å². The second-order valence-electron chi connectivity index (χ2n) is 11.7. The largest absolute Gasteiger partial charge is 0.508 e. The number of carbonyl (C=O) groups excluding carboxylic acids is 2. The number of Topliss-reactive ketones (excluding diaryl/α,β-unsaturated/α-hetero) is 1. The number of hydrogen-bond acceptors (Lipinski definition) is 8. The molecule has 200 valence electrons. The van der Waals surface area contributed by atoms with Crippen molar-refractivity contribution in [3.05, 3.63) is 35.6 Å². The first-order chi connectivity index (χ1) is 16.5. The van der Waals surface area contributed by atoms with Gasteiger partial charge in [0.25, 0.3) is 5.97 Å². The SMILES string of the molecule is CCC(C)C(O)(O)OCC(=O)[C@]1(O)[C@@H](C)C[C@H]2[C@@H]3C=C(O)C4=CC(=O)C=C[C@]4(C)[C@@]3(F)[C@@H](O)C[C@@]21C. The lowest BCUT2D eigenvalue weighted by Gasteiger charge is -2.61. The standard InChI is InChI=1S/C27H37FO8/c1-6-14(2)27(34,35)36-13-22(32)26(33)15(3)9-17-18-11-20(30)19-10-16(29)7-8-23(19,4)25(18,28)21(31)12-24(17,26)5/h7-8,10-11,14-15,17-18,21,30-31,33-35H,6,9,12-13H2,1-5H3/t14?,15-,17-,18-,21-,23-,24-,25-,26+/m0/s1. The molecule has 0 aromatic rings. The summed E-state index contributed by atoms with van der Waals surface area (Å²) in [6.07, 6.45) is 3.78. The molecule has 0 heterocycles. The van der Waals surface area contributed by atoms with Crippen molar-refractivity contribution in [3.63, 3.8) is 0 Å². The summed E-state index contributed by atoms with van der Waals surface area (Å²) in [5.41, 5.74) is -7.07. The van der Waals surface area contributed by atoms with Crippen molar-refractivity contribution in [2.45, 2.75) is 77.2 Å². The molecule has 4 rings (SSSR count). The van der Waals surface area contributed by atoms with Crippen LogP contribution < -0.4 is 0 Å². The number of aliphatic hydroxyl groups is 5. The molecule has 0 aromatic heterocycles. The summed E-state index contributed by atoms with van der Waals surface area (Å²) < 4.78 is 22.3. The van der Waals surface area contributed by atoms with Crippen LogP contribution in [0.2, 0.25) is 0 Å². The molecule has 0 bridgehead atoms. The van der Waals surface area contributed by atoms with Gasteiger partial charge in [-0.1, -0.05) is 33.8 Å². The fourth-order valence-corrected chi connectivity index (χ4v) is 7.40. The van der Waals surface area contributed by atoms with Gasteiger partial charge in [-0.2, -0.15) is 0 Å². The van der Waals surface area contributed by atoms with E-state index in [1.54, 1.807) is 27.7 Å². The number of rotatable bonds is 6. The maximum atomic E-state index is 17.2. The second-order valence-corrected chi connectivity index (χ2v) is 11.7. The predicted molar refractivity (Wildman–Crippen MR) is 127 cm³/mol. The number of alkyl halides is 1. The van der Waals surface area contributed by atoms with Crippen LogP contribution in [0.3, 0.4) is 0 Å². The lowest BCUT2D eigenvalue weighted by Crippen LogP contribution is -2.69. The quantitative estimate of drug-likeness (QED) is 0.344. The molecule has 2 saturated carbocycles. The van der Waals surface area contributed by atoms with Crippen LogP contribution in [0.4, 0.5) is 4.39 Å². The van der Waals surface area contributed by atoms with Gasteiger partial charge in [0, 0.05) is 22.8 Å². The van der Waals surface area contributed by atoms with Crippen molar-refractivity contribution in [3.8, 4) is 0 Å². The average molecular weight is 509 g/mol. The van der Waals surface area contributed by atoms with E-state index in [9.17, 15) is 35.1 Å². The molecule has 4 aliphatic rings. The average Bonchev–Trinajstić information content (AvgIpc) is 3.01. The maximum Gasteiger partial charge on any atom is 0.280 e. The molecule has 4 aliphatic carbocycles. The third-order valence-corrected chi connectivity index (χ3v) is 9.96. The van der Waals surface area contributed by atoms with E-state index >= 15 is 4.39 Å². The first kappa shape index (κ1) is 27.1.